The molecule has 0 bridgehead atoms. The third-order valence-electron chi connectivity index (χ3n) is 2.67. The van der Waals surface area contributed by atoms with Crippen LogP contribution in [-0.2, 0) is 9.47 Å². The molecule has 4 heteroatoms. The van der Waals surface area contributed by atoms with Gasteiger partial charge in [-0.15, -0.1) is 0 Å². The van der Waals surface area contributed by atoms with Gasteiger partial charge in [-0.2, -0.15) is 0 Å². The third-order valence-corrected chi connectivity index (χ3v) is 2.67. The van der Waals surface area contributed by atoms with Gasteiger partial charge in [0.25, 0.3) is 0 Å². The summed E-state index contributed by atoms with van der Waals surface area (Å²) in [4.78, 5) is 0. The van der Waals surface area contributed by atoms with E-state index >= 15 is 0 Å². The molecule has 4 nitrogen and oxygen atoms in total. The Bertz CT molecular complexity index is 178. The van der Waals surface area contributed by atoms with Crippen LogP contribution in [-0.4, -0.2) is 49.7 Å². The Kier molecular flexibility index (Phi) is 9.74. The Morgan fingerprint density at radius 3 is 2.47 bits per heavy atom. The first-order valence-electron chi connectivity index (χ1n) is 6.63. The Balaban J connectivity index is 3.71. The van der Waals surface area contributed by atoms with Crippen LogP contribution in [0.15, 0.2) is 0 Å². The number of hydrogen-bond donors (Lipinski definition) is 2. The fourth-order valence-corrected chi connectivity index (χ4v) is 1.87. The smallest absolute Gasteiger partial charge is 0.0704 e. The van der Waals surface area contributed by atoms with Crippen molar-refractivity contribution >= 4 is 0 Å². The van der Waals surface area contributed by atoms with Gasteiger partial charge in [-0.3, -0.25) is 0 Å². The standard InChI is InChI=1S/C13H29NO3/c1-5-7-16-8-9-17-12(3)10-13(4,11-15)14-6-2/h12,14-15H,5-11H2,1-4H3. The topological polar surface area (TPSA) is 50.7 Å². The minimum Gasteiger partial charge on any atom is -0.394 e. The molecule has 104 valence electrons. The summed E-state index contributed by atoms with van der Waals surface area (Å²) in [6.45, 7) is 11.2. The highest BCUT2D eigenvalue weighted by Gasteiger charge is 2.24. The highest BCUT2D eigenvalue weighted by Crippen LogP contribution is 2.13. The molecule has 0 aromatic carbocycles. The number of nitrogens with one attached hydrogen (secondary N) is 1. The largest absolute Gasteiger partial charge is 0.394 e. The van der Waals surface area contributed by atoms with Crippen molar-refractivity contribution in [3.63, 3.8) is 0 Å². The molecule has 2 N–H and O–H groups in total. The quantitative estimate of drug-likeness (QED) is 0.544. The molecule has 0 aromatic rings. The number of hydrogen-bond acceptors (Lipinski definition) is 4. The molecule has 0 aromatic heterocycles. The normalized spacial score (nSPS) is 16.8. The maximum atomic E-state index is 9.36. The lowest BCUT2D eigenvalue weighted by Crippen LogP contribution is -2.48. The summed E-state index contributed by atoms with van der Waals surface area (Å²) in [7, 11) is 0. The summed E-state index contributed by atoms with van der Waals surface area (Å²) in [5, 5.41) is 12.7. The molecular weight excluding hydrogens is 218 g/mol. The van der Waals surface area contributed by atoms with Crippen LogP contribution >= 0.6 is 0 Å². The van der Waals surface area contributed by atoms with Gasteiger partial charge in [0.1, 0.15) is 0 Å². The van der Waals surface area contributed by atoms with Gasteiger partial charge in [-0.1, -0.05) is 13.8 Å². The summed E-state index contributed by atoms with van der Waals surface area (Å²) in [6, 6.07) is 0. The second-order valence-electron chi connectivity index (χ2n) is 4.75. The van der Waals surface area contributed by atoms with Gasteiger partial charge in [0.05, 0.1) is 25.9 Å². The van der Waals surface area contributed by atoms with Crippen LogP contribution in [0.3, 0.4) is 0 Å². The minimum absolute atomic E-state index is 0.122. The molecule has 0 rings (SSSR count). The van der Waals surface area contributed by atoms with Gasteiger partial charge < -0.3 is 19.9 Å². The number of rotatable bonds is 11. The molecule has 0 spiro atoms. The molecule has 2 atom stereocenters. The van der Waals surface area contributed by atoms with Crippen molar-refractivity contribution in [1.29, 1.82) is 0 Å². The average Bonchev–Trinajstić information content (AvgIpc) is 2.29. The maximum absolute atomic E-state index is 9.36. The summed E-state index contributed by atoms with van der Waals surface area (Å²) in [5.74, 6) is 0. The first-order chi connectivity index (χ1) is 8.08. The van der Waals surface area contributed by atoms with Crippen molar-refractivity contribution in [1.82, 2.24) is 5.32 Å². The Morgan fingerprint density at radius 1 is 1.24 bits per heavy atom. The van der Waals surface area contributed by atoms with Crippen LogP contribution < -0.4 is 5.32 Å². The fourth-order valence-electron chi connectivity index (χ4n) is 1.87. The van der Waals surface area contributed by atoms with E-state index in [0.717, 1.165) is 26.0 Å². The van der Waals surface area contributed by atoms with Gasteiger partial charge in [0.15, 0.2) is 0 Å². The lowest BCUT2D eigenvalue weighted by molar-refractivity contribution is -0.00664. The van der Waals surface area contributed by atoms with Crippen LogP contribution in [0.25, 0.3) is 0 Å². The number of ether oxygens (including phenoxy) is 2. The van der Waals surface area contributed by atoms with Crippen LogP contribution in [0.5, 0.6) is 0 Å². The zero-order chi connectivity index (χ0) is 13.1. The number of aliphatic hydroxyl groups is 1. The molecule has 0 radical (unpaired) electrons. The Labute approximate surface area is 106 Å². The predicted molar refractivity (Wildman–Crippen MR) is 70.3 cm³/mol. The molecule has 2 unspecified atom stereocenters. The highest BCUT2D eigenvalue weighted by atomic mass is 16.5. The first-order valence-corrected chi connectivity index (χ1v) is 6.63. The van der Waals surface area contributed by atoms with E-state index in [9.17, 15) is 5.11 Å². The van der Waals surface area contributed by atoms with Gasteiger partial charge in [0.2, 0.25) is 0 Å². The van der Waals surface area contributed by atoms with Crippen molar-refractivity contribution in [2.45, 2.75) is 52.2 Å². The molecule has 0 fully saturated rings. The lowest BCUT2D eigenvalue weighted by Gasteiger charge is -2.31. The van der Waals surface area contributed by atoms with Crippen molar-refractivity contribution < 1.29 is 14.6 Å². The molecule has 0 saturated heterocycles. The zero-order valence-corrected chi connectivity index (χ0v) is 11.8. The first kappa shape index (κ1) is 16.8. The van der Waals surface area contributed by atoms with E-state index in [1.54, 1.807) is 0 Å². The number of aliphatic hydroxyl groups excluding tert-OH is 1. The average molecular weight is 247 g/mol. The zero-order valence-electron chi connectivity index (χ0n) is 11.8. The molecule has 0 saturated carbocycles. The van der Waals surface area contributed by atoms with Crippen molar-refractivity contribution in [3.05, 3.63) is 0 Å². The molecule has 0 heterocycles. The van der Waals surface area contributed by atoms with Crippen molar-refractivity contribution in [2.24, 2.45) is 0 Å². The van der Waals surface area contributed by atoms with E-state index in [2.05, 4.69) is 12.2 Å². The Hall–Kier alpha value is -0.160. The molecule has 17 heavy (non-hydrogen) atoms. The maximum Gasteiger partial charge on any atom is 0.0704 e. The highest BCUT2D eigenvalue weighted by molar-refractivity contribution is 4.83. The number of likely N-dealkylation sites (N-methyl/N-ethyl adjacent to an activating group) is 1. The van der Waals surface area contributed by atoms with E-state index in [1.807, 2.05) is 20.8 Å². The summed E-state index contributed by atoms with van der Waals surface area (Å²) in [6.07, 6.45) is 1.96. The Morgan fingerprint density at radius 2 is 1.94 bits per heavy atom. The van der Waals surface area contributed by atoms with E-state index in [1.165, 1.54) is 0 Å². The summed E-state index contributed by atoms with van der Waals surface area (Å²) >= 11 is 0. The van der Waals surface area contributed by atoms with Gasteiger partial charge in [0, 0.05) is 12.1 Å². The third kappa shape index (κ3) is 8.55. The minimum atomic E-state index is -0.252. The molecule has 0 aliphatic rings. The van der Waals surface area contributed by atoms with Gasteiger partial charge in [-0.05, 0) is 33.2 Å². The van der Waals surface area contributed by atoms with Crippen LogP contribution in [0.1, 0.15) is 40.5 Å². The summed E-state index contributed by atoms with van der Waals surface area (Å²) < 4.78 is 11.0. The molecular formula is C13H29NO3. The van der Waals surface area contributed by atoms with E-state index in [-0.39, 0.29) is 18.2 Å². The second kappa shape index (κ2) is 9.83. The molecule has 0 amide bonds. The van der Waals surface area contributed by atoms with Crippen LogP contribution in [0, 0.1) is 0 Å². The van der Waals surface area contributed by atoms with Crippen molar-refractivity contribution in [3.8, 4) is 0 Å². The van der Waals surface area contributed by atoms with Crippen molar-refractivity contribution in [2.75, 3.05) is 33.0 Å². The van der Waals surface area contributed by atoms with Gasteiger partial charge >= 0.3 is 0 Å². The van der Waals surface area contributed by atoms with Gasteiger partial charge in [-0.25, -0.2) is 0 Å². The van der Waals surface area contributed by atoms with E-state index < -0.39 is 0 Å². The molecule has 0 aliphatic carbocycles. The monoisotopic (exact) mass is 247 g/mol. The SMILES string of the molecule is CCCOCCOC(C)CC(C)(CO)NCC. The van der Waals surface area contributed by atoms with E-state index in [0.29, 0.717) is 13.2 Å². The van der Waals surface area contributed by atoms with E-state index in [4.69, 9.17) is 9.47 Å². The predicted octanol–water partition coefficient (Wildman–Crippen LogP) is 1.57. The van der Waals surface area contributed by atoms with Crippen LogP contribution in [0.2, 0.25) is 0 Å². The fraction of sp³-hybridized carbons (Fsp3) is 1.00. The summed E-state index contributed by atoms with van der Waals surface area (Å²) in [5.41, 5.74) is -0.252. The second-order valence-corrected chi connectivity index (χ2v) is 4.75. The molecule has 0 aliphatic heterocycles. The van der Waals surface area contributed by atoms with Crippen LogP contribution in [0.4, 0.5) is 0 Å². The lowest BCUT2D eigenvalue weighted by atomic mass is 9.96.